The minimum Gasteiger partial charge on any atom is -0.355 e. The van der Waals surface area contributed by atoms with Crippen molar-refractivity contribution in [2.75, 3.05) is 6.54 Å². The lowest BCUT2D eigenvalue weighted by Gasteiger charge is -2.17. The second-order valence-electron chi connectivity index (χ2n) is 4.75. The number of nitrogens with zero attached hydrogens (tertiary/aromatic N) is 1. The molecule has 0 saturated carbocycles. The third-order valence-electron chi connectivity index (χ3n) is 2.12. The zero-order chi connectivity index (χ0) is 11.5. The van der Waals surface area contributed by atoms with Crippen LogP contribution < -0.4 is 5.32 Å². The average molecular weight is 209 g/mol. The van der Waals surface area contributed by atoms with Crippen LogP contribution in [0.2, 0.25) is 0 Å². The zero-order valence-corrected chi connectivity index (χ0v) is 9.85. The van der Waals surface area contributed by atoms with Crippen LogP contribution in [0.4, 0.5) is 0 Å². The van der Waals surface area contributed by atoms with Gasteiger partial charge in [0.2, 0.25) is 5.91 Å². The predicted octanol–water partition coefficient (Wildman–Crippen LogP) is 1.42. The number of hydrogen-bond acceptors (Lipinski definition) is 2. The van der Waals surface area contributed by atoms with Gasteiger partial charge in [-0.2, -0.15) is 0 Å². The molecule has 0 spiro atoms. The molecule has 1 rings (SSSR count). The number of carbonyl (C=O) groups excluding carboxylic acids is 1. The molecular weight excluding hydrogens is 190 g/mol. The monoisotopic (exact) mass is 209 g/mol. The van der Waals surface area contributed by atoms with Gasteiger partial charge in [-0.05, 0) is 6.92 Å². The van der Waals surface area contributed by atoms with E-state index in [1.807, 2.05) is 27.7 Å². The Hall–Kier alpha value is -1.32. The molecule has 4 heteroatoms. The van der Waals surface area contributed by atoms with Gasteiger partial charge >= 0.3 is 0 Å². The summed E-state index contributed by atoms with van der Waals surface area (Å²) in [6.45, 7) is 8.28. The number of imidazole rings is 1. The molecule has 0 bridgehead atoms. The topological polar surface area (TPSA) is 57.8 Å². The van der Waals surface area contributed by atoms with Crippen LogP contribution in [-0.4, -0.2) is 22.4 Å². The van der Waals surface area contributed by atoms with Crippen LogP contribution in [-0.2, 0) is 11.2 Å². The summed E-state index contributed by atoms with van der Waals surface area (Å²) in [6, 6.07) is 0. The van der Waals surface area contributed by atoms with Crippen molar-refractivity contribution in [3.05, 3.63) is 17.7 Å². The van der Waals surface area contributed by atoms with Crippen molar-refractivity contribution in [1.82, 2.24) is 15.3 Å². The predicted molar refractivity (Wildman–Crippen MR) is 59.5 cm³/mol. The van der Waals surface area contributed by atoms with E-state index in [1.165, 1.54) is 0 Å². The zero-order valence-electron chi connectivity index (χ0n) is 9.85. The molecule has 84 valence electrons. The number of aryl methyl sites for hydroxylation is 1. The van der Waals surface area contributed by atoms with Gasteiger partial charge in [0.05, 0.1) is 0 Å². The molecule has 0 aliphatic heterocycles. The molecule has 0 radical (unpaired) electrons. The fraction of sp³-hybridized carbons (Fsp3) is 0.636. The van der Waals surface area contributed by atoms with Crippen molar-refractivity contribution in [3.8, 4) is 0 Å². The molecule has 1 heterocycles. The van der Waals surface area contributed by atoms with E-state index in [9.17, 15) is 4.79 Å². The van der Waals surface area contributed by atoms with Gasteiger partial charge in [-0.25, -0.2) is 4.98 Å². The van der Waals surface area contributed by atoms with Crippen molar-refractivity contribution >= 4 is 5.91 Å². The highest BCUT2D eigenvalue weighted by Crippen LogP contribution is 2.12. The van der Waals surface area contributed by atoms with Gasteiger partial charge in [-0.3, -0.25) is 4.79 Å². The number of carbonyl (C=O) groups is 1. The van der Waals surface area contributed by atoms with Gasteiger partial charge in [-0.1, -0.05) is 20.8 Å². The van der Waals surface area contributed by atoms with Crippen molar-refractivity contribution < 1.29 is 4.79 Å². The van der Waals surface area contributed by atoms with Crippen LogP contribution >= 0.6 is 0 Å². The molecule has 1 amide bonds. The van der Waals surface area contributed by atoms with E-state index in [0.717, 1.165) is 17.9 Å². The Balaban J connectivity index is 2.31. The SMILES string of the molecule is Cc1ncc(CCNC(=O)C(C)(C)C)[nH]1. The first-order chi connectivity index (χ1) is 6.89. The maximum atomic E-state index is 11.5. The molecule has 0 aliphatic carbocycles. The minimum absolute atomic E-state index is 0.0822. The standard InChI is InChI=1S/C11H19N3O/c1-8-13-7-9(14-8)5-6-12-10(15)11(2,3)4/h7H,5-6H2,1-4H3,(H,12,15)(H,13,14). The lowest BCUT2D eigenvalue weighted by atomic mass is 9.96. The first-order valence-electron chi connectivity index (χ1n) is 5.18. The Morgan fingerprint density at radius 3 is 2.67 bits per heavy atom. The first kappa shape index (κ1) is 11.8. The Morgan fingerprint density at radius 1 is 1.53 bits per heavy atom. The van der Waals surface area contributed by atoms with E-state index in [0.29, 0.717) is 6.54 Å². The van der Waals surface area contributed by atoms with Crippen LogP contribution in [0, 0.1) is 12.3 Å². The van der Waals surface area contributed by atoms with Gasteiger partial charge < -0.3 is 10.3 Å². The van der Waals surface area contributed by atoms with Crippen LogP contribution in [0.5, 0.6) is 0 Å². The smallest absolute Gasteiger partial charge is 0.225 e. The quantitative estimate of drug-likeness (QED) is 0.791. The van der Waals surface area contributed by atoms with E-state index < -0.39 is 0 Å². The highest BCUT2D eigenvalue weighted by atomic mass is 16.2. The van der Waals surface area contributed by atoms with E-state index in [-0.39, 0.29) is 11.3 Å². The minimum atomic E-state index is -0.316. The van der Waals surface area contributed by atoms with Gasteiger partial charge in [0.15, 0.2) is 0 Å². The van der Waals surface area contributed by atoms with Crippen molar-refractivity contribution in [2.45, 2.75) is 34.1 Å². The number of hydrogen-bond donors (Lipinski definition) is 2. The summed E-state index contributed by atoms with van der Waals surface area (Å²) in [6.07, 6.45) is 2.60. The van der Waals surface area contributed by atoms with E-state index in [4.69, 9.17) is 0 Å². The Kier molecular flexibility index (Phi) is 3.50. The summed E-state index contributed by atoms with van der Waals surface area (Å²) in [7, 11) is 0. The largest absolute Gasteiger partial charge is 0.355 e. The maximum absolute atomic E-state index is 11.5. The first-order valence-corrected chi connectivity index (χ1v) is 5.18. The number of aromatic nitrogens is 2. The second kappa shape index (κ2) is 4.47. The molecule has 0 aliphatic rings. The summed E-state index contributed by atoms with van der Waals surface area (Å²) >= 11 is 0. The van der Waals surface area contributed by atoms with Crippen molar-refractivity contribution in [3.63, 3.8) is 0 Å². The summed E-state index contributed by atoms with van der Waals surface area (Å²) in [5.74, 6) is 0.992. The Morgan fingerprint density at radius 2 is 2.20 bits per heavy atom. The lowest BCUT2D eigenvalue weighted by molar-refractivity contribution is -0.128. The molecule has 0 atom stereocenters. The van der Waals surface area contributed by atoms with E-state index in [2.05, 4.69) is 15.3 Å². The fourth-order valence-electron chi connectivity index (χ4n) is 1.17. The van der Waals surface area contributed by atoms with Gasteiger partial charge in [0.1, 0.15) is 5.82 Å². The van der Waals surface area contributed by atoms with Crippen LogP contribution in [0.1, 0.15) is 32.3 Å². The van der Waals surface area contributed by atoms with Gasteiger partial charge in [-0.15, -0.1) is 0 Å². The highest BCUT2D eigenvalue weighted by Gasteiger charge is 2.20. The Labute approximate surface area is 90.5 Å². The number of nitrogens with one attached hydrogen (secondary N) is 2. The molecule has 0 unspecified atom stereocenters. The molecule has 1 aromatic rings. The van der Waals surface area contributed by atoms with Crippen molar-refractivity contribution in [2.24, 2.45) is 5.41 Å². The van der Waals surface area contributed by atoms with Crippen LogP contribution in [0.15, 0.2) is 6.20 Å². The molecule has 4 nitrogen and oxygen atoms in total. The molecule has 0 saturated heterocycles. The normalized spacial score (nSPS) is 11.5. The van der Waals surface area contributed by atoms with Crippen LogP contribution in [0.25, 0.3) is 0 Å². The number of H-pyrrole nitrogens is 1. The number of amides is 1. The number of rotatable bonds is 3. The fourth-order valence-corrected chi connectivity index (χ4v) is 1.17. The molecule has 2 N–H and O–H groups in total. The average Bonchev–Trinajstić information content (AvgIpc) is 2.49. The van der Waals surface area contributed by atoms with Crippen molar-refractivity contribution in [1.29, 1.82) is 0 Å². The lowest BCUT2D eigenvalue weighted by Crippen LogP contribution is -2.35. The third kappa shape index (κ3) is 3.73. The summed E-state index contributed by atoms with van der Waals surface area (Å²) in [5.41, 5.74) is 0.742. The maximum Gasteiger partial charge on any atom is 0.225 e. The molecule has 1 aromatic heterocycles. The second-order valence-corrected chi connectivity index (χ2v) is 4.75. The summed E-state index contributed by atoms with van der Waals surface area (Å²) in [4.78, 5) is 18.7. The van der Waals surface area contributed by atoms with Gasteiger partial charge in [0.25, 0.3) is 0 Å². The molecular formula is C11H19N3O. The molecule has 0 fully saturated rings. The third-order valence-corrected chi connectivity index (χ3v) is 2.12. The summed E-state index contributed by atoms with van der Waals surface area (Å²) < 4.78 is 0. The van der Waals surface area contributed by atoms with E-state index in [1.54, 1.807) is 6.20 Å². The highest BCUT2D eigenvalue weighted by molar-refractivity contribution is 5.81. The van der Waals surface area contributed by atoms with E-state index >= 15 is 0 Å². The summed E-state index contributed by atoms with van der Waals surface area (Å²) in [5, 5.41) is 2.89. The molecule has 0 aromatic carbocycles. The molecule has 15 heavy (non-hydrogen) atoms. The van der Waals surface area contributed by atoms with Gasteiger partial charge in [0, 0.05) is 30.3 Å². The Bertz CT molecular complexity index is 336. The van der Waals surface area contributed by atoms with Crippen LogP contribution in [0.3, 0.4) is 0 Å². The number of aromatic amines is 1.